The molecule has 27 heavy (non-hydrogen) atoms. The quantitative estimate of drug-likeness (QED) is 0.382. The van der Waals surface area contributed by atoms with E-state index < -0.39 is 17.0 Å². The summed E-state index contributed by atoms with van der Waals surface area (Å²) in [4.78, 5) is 8.00. The third kappa shape index (κ3) is 4.79. The summed E-state index contributed by atoms with van der Waals surface area (Å²) >= 11 is 0.844. The molecule has 140 valence electrons. The van der Waals surface area contributed by atoms with Gasteiger partial charge in [-0.25, -0.2) is 15.4 Å². The van der Waals surface area contributed by atoms with E-state index in [1.165, 1.54) is 25.5 Å². The lowest BCUT2D eigenvalue weighted by Crippen LogP contribution is -2.11. The van der Waals surface area contributed by atoms with E-state index in [-0.39, 0.29) is 11.6 Å². The molecule has 5 nitrogen and oxygen atoms in total. The number of alkyl halides is 3. The molecule has 0 atom stereocenters. The zero-order valence-corrected chi connectivity index (χ0v) is 14.6. The van der Waals surface area contributed by atoms with Gasteiger partial charge in [-0.2, -0.15) is 22.7 Å². The monoisotopic (exact) mass is 396 g/mol. The van der Waals surface area contributed by atoms with Crippen molar-refractivity contribution in [1.82, 2.24) is 9.97 Å². The van der Waals surface area contributed by atoms with E-state index in [1.807, 2.05) is 0 Å². The Bertz CT molecular complexity index is 972. The van der Waals surface area contributed by atoms with Gasteiger partial charge in [-0.1, -0.05) is 12.1 Å². The highest BCUT2D eigenvalue weighted by atomic mass is 32.1. The maximum absolute atomic E-state index is 13.2. The van der Waals surface area contributed by atoms with Crippen LogP contribution in [0.15, 0.2) is 47.6 Å². The van der Waals surface area contributed by atoms with E-state index in [1.54, 1.807) is 24.3 Å². The highest BCUT2D eigenvalue weighted by molar-refractivity contribution is 7.12. The number of nitrogens with one attached hydrogen (secondary N) is 1. The SMILES string of the molecule is COc1cccc(-c2cc(C(F)(F)F)nc(N/N=C/c3ccc(F)s3)n2)c1. The molecule has 0 bridgehead atoms. The number of nitrogens with zero attached hydrogens (tertiary/aromatic N) is 3. The second kappa shape index (κ2) is 7.70. The Hall–Kier alpha value is -3.01. The van der Waals surface area contributed by atoms with Crippen molar-refractivity contribution in [1.29, 1.82) is 0 Å². The molecule has 0 aliphatic carbocycles. The van der Waals surface area contributed by atoms with Gasteiger partial charge in [-0.05, 0) is 30.3 Å². The number of thiophene rings is 1. The molecule has 10 heteroatoms. The Kier molecular flexibility index (Phi) is 5.36. The zero-order valence-electron chi connectivity index (χ0n) is 13.8. The fraction of sp³-hybridized carbons (Fsp3) is 0.118. The first-order valence-corrected chi connectivity index (χ1v) is 8.32. The van der Waals surface area contributed by atoms with Crippen molar-refractivity contribution in [2.24, 2.45) is 5.10 Å². The Labute approximate surface area is 155 Å². The number of hydrazone groups is 1. The van der Waals surface area contributed by atoms with Crippen LogP contribution in [0.1, 0.15) is 10.6 Å². The molecule has 2 aromatic heterocycles. The average molecular weight is 396 g/mol. The summed E-state index contributed by atoms with van der Waals surface area (Å²) < 4.78 is 57.6. The van der Waals surface area contributed by atoms with E-state index in [9.17, 15) is 17.6 Å². The number of benzene rings is 1. The number of methoxy groups -OCH3 is 1. The number of aromatic nitrogens is 2. The number of hydrogen-bond donors (Lipinski definition) is 1. The predicted octanol–water partition coefficient (Wildman–Crippen LogP) is 4.82. The molecule has 1 N–H and O–H groups in total. The van der Waals surface area contributed by atoms with Gasteiger partial charge in [-0.3, -0.25) is 0 Å². The molecule has 0 unspecified atom stereocenters. The van der Waals surface area contributed by atoms with Crippen LogP contribution in [-0.2, 0) is 6.18 Å². The van der Waals surface area contributed by atoms with E-state index in [4.69, 9.17) is 4.74 Å². The van der Waals surface area contributed by atoms with Crippen molar-refractivity contribution in [3.05, 3.63) is 58.2 Å². The number of anilines is 1. The van der Waals surface area contributed by atoms with Crippen LogP contribution in [-0.4, -0.2) is 23.3 Å². The molecular formula is C17H12F4N4OS. The number of rotatable bonds is 5. The van der Waals surface area contributed by atoms with Gasteiger partial charge in [0.15, 0.2) is 10.8 Å². The lowest BCUT2D eigenvalue weighted by Gasteiger charge is -2.10. The van der Waals surface area contributed by atoms with Gasteiger partial charge >= 0.3 is 6.18 Å². The molecule has 3 aromatic rings. The van der Waals surface area contributed by atoms with Gasteiger partial charge in [0.1, 0.15) is 5.75 Å². The molecule has 0 aliphatic heterocycles. The molecule has 0 spiro atoms. The largest absolute Gasteiger partial charge is 0.497 e. The van der Waals surface area contributed by atoms with E-state index in [0.29, 0.717) is 16.2 Å². The fourth-order valence-corrected chi connectivity index (χ4v) is 2.73. The maximum Gasteiger partial charge on any atom is 0.433 e. The first-order chi connectivity index (χ1) is 12.8. The second-order valence-electron chi connectivity index (χ2n) is 5.20. The maximum atomic E-state index is 13.2. The molecule has 0 fully saturated rings. The van der Waals surface area contributed by atoms with Crippen LogP contribution in [0, 0.1) is 5.13 Å². The smallest absolute Gasteiger partial charge is 0.433 e. The molecule has 0 aliphatic rings. The highest BCUT2D eigenvalue weighted by Gasteiger charge is 2.33. The van der Waals surface area contributed by atoms with Crippen LogP contribution in [0.3, 0.4) is 0 Å². The molecule has 0 saturated carbocycles. The van der Waals surface area contributed by atoms with Crippen LogP contribution in [0.2, 0.25) is 0 Å². The third-order valence-corrected chi connectivity index (χ3v) is 4.14. The Morgan fingerprint density at radius 3 is 2.63 bits per heavy atom. The van der Waals surface area contributed by atoms with Crippen LogP contribution >= 0.6 is 11.3 Å². The summed E-state index contributed by atoms with van der Waals surface area (Å²) in [5.41, 5.74) is 1.72. The summed E-state index contributed by atoms with van der Waals surface area (Å²) in [6, 6.07) is 10.1. The first-order valence-electron chi connectivity index (χ1n) is 7.50. The van der Waals surface area contributed by atoms with Gasteiger partial charge in [0.2, 0.25) is 5.95 Å². The van der Waals surface area contributed by atoms with Crippen molar-refractivity contribution in [3.63, 3.8) is 0 Å². The van der Waals surface area contributed by atoms with Gasteiger partial charge in [0, 0.05) is 5.56 Å². The zero-order chi connectivity index (χ0) is 19.4. The van der Waals surface area contributed by atoms with Crippen LogP contribution in [0.25, 0.3) is 11.3 Å². The first kappa shape index (κ1) is 18.8. The number of halogens is 4. The normalized spacial score (nSPS) is 11.7. The van der Waals surface area contributed by atoms with Crippen molar-refractivity contribution in [3.8, 4) is 17.0 Å². The molecule has 3 rings (SSSR count). The molecule has 2 heterocycles. The molecular weight excluding hydrogens is 384 g/mol. The fourth-order valence-electron chi connectivity index (χ4n) is 2.12. The van der Waals surface area contributed by atoms with Gasteiger partial charge in [0.25, 0.3) is 0 Å². The lowest BCUT2D eigenvalue weighted by molar-refractivity contribution is -0.141. The van der Waals surface area contributed by atoms with E-state index in [0.717, 1.165) is 17.4 Å². The van der Waals surface area contributed by atoms with E-state index in [2.05, 4.69) is 20.5 Å². The molecule has 0 saturated heterocycles. The van der Waals surface area contributed by atoms with Crippen LogP contribution in [0.5, 0.6) is 5.75 Å². The highest BCUT2D eigenvalue weighted by Crippen LogP contribution is 2.32. The second-order valence-corrected chi connectivity index (χ2v) is 6.27. The summed E-state index contributed by atoms with van der Waals surface area (Å²) in [7, 11) is 1.45. The predicted molar refractivity (Wildman–Crippen MR) is 94.5 cm³/mol. The van der Waals surface area contributed by atoms with Crippen LogP contribution in [0.4, 0.5) is 23.5 Å². The van der Waals surface area contributed by atoms with E-state index >= 15 is 0 Å². The Morgan fingerprint density at radius 2 is 1.96 bits per heavy atom. The van der Waals surface area contributed by atoms with Gasteiger partial charge < -0.3 is 4.74 Å². The van der Waals surface area contributed by atoms with Crippen LogP contribution < -0.4 is 10.2 Å². The van der Waals surface area contributed by atoms with Crippen molar-refractivity contribution >= 4 is 23.5 Å². The number of hydrogen-bond acceptors (Lipinski definition) is 6. The van der Waals surface area contributed by atoms with Gasteiger partial charge in [-0.15, -0.1) is 11.3 Å². The van der Waals surface area contributed by atoms with Crippen molar-refractivity contribution in [2.45, 2.75) is 6.18 Å². The Morgan fingerprint density at radius 1 is 1.15 bits per heavy atom. The lowest BCUT2D eigenvalue weighted by atomic mass is 10.1. The minimum atomic E-state index is -4.66. The van der Waals surface area contributed by atoms with Gasteiger partial charge in [0.05, 0.1) is 23.9 Å². The summed E-state index contributed by atoms with van der Waals surface area (Å²) in [6.45, 7) is 0. The van der Waals surface area contributed by atoms with Crippen molar-refractivity contribution < 1.29 is 22.3 Å². The summed E-state index contributed by atoms with van der Waals surface area (Å²) in [5, 5.41) is 3.37. The Balaban J connectivity index is 1.94. The summed E-state index contributed by atoms with van der Waals surface area (Å²) in [5.74, 6) is 0.142. The minimum Gasteiger partial charge on any atom is -0.497 e. The minimum absolute atomic E-state index is 0.0519. The number of ether oxygens (including phenoxy) is 1. The summed E-state index contributed by atoms with van der Waals surface area (Å²) in [6.07, 6.45) is -3.39. The molecule has 1 aromatic carbocycles. The molecule has 0 amide bonds. The molecule has 0 radical (unpaired) electrons. The standard InChI is InChI=1S/C17H12F4N4OS/c1-26-11-4-2-3-10(7-11)13-8-14(17(19,20)21)24-16(23-13)25-22-9-12-5-6-15(18)27-12/h2-9H,1H3,(H,23,24,25)/b22-9+. The topological polar surface area (TPSA) is 59.4 Å². The average Bonchev–Trinajstić information content (AvgIpc) is 3.06. The third-order valence-electron chi connectivity index (χ3n) is 3.33. The van der Waals surface area contributed by atoms with Crippen molar-refractivity contribution in [2.75, 3.05) is 12.5 Å².